The Morgan fingerprint density at radius 2 is 1.68 bits per heavy atom. The van der Waals surface area contributed by atoms with Crippen molar-refractivity contribution in [3.63, 3.8) is 0 Å². The van der Waals surface area contributed by atoms with Gasteiger partial charge in [-0.3, -0.25) is 0 Å². The molecule has 37 heavy (non-hydrogen) atoms. The highest BCUT2D eigenvalue weighted by Gasteiger charge is 2.30. The monoisotopic (exact) mass is 547 g/mol. The van der Waals surface area contributed by atoms with E-state index in [2.05, 4.69) is 48.5 Å². The smallest absolute Gasteiger partial charge is 0.239 e. The lowest BCUT2D eigenvalue weighted by molar-refractivity contribution is 0.291. The van der Waals surface area contributed by atoms with E-state index in [-0.39, 0.29) is 10.3 Å². The molecule has 2 atom stereocenters. The molecule has 1 saturated carbocycles. The third kappa shape index (κ3) is 6.02. The second-order valence-electron chi connectivity index (χ2n) is 12.4. The summed E-state index contributed by atoms with van der Waals surface area (Å²) in [5.74, 6) is 5.29. The predicted molar refractivity (Wildman–Crippen MR) is 155 cm³/mol. The third-order valence-electron chi connectivity index (χ3n) is 8.26. The molecule has 2 aromatic rings. The van der Waals surface area contributed by atoms with Crippen LogP contribution in [0, 0.1) is 18.8 Å². The number of nitrogens with two attached hydrogens (primary N) is 1. The molecule has 6 nitrogen and oxygen atoms in total. The van der Waals surface area contributed by atoms with Gasteiger partial charge in [0.05, 0.1) is 9.71 Å². The minimum absolute atomic E-state index is 0.183. The Labute approximate surface area is 224 Å². The van der Waals surface area contributed by atoms with E-state index >= 15 is 0 Å². The van der Waals surface area contributed by atoms with E-state index in [0.717, 1.165) is 67.0 Å². The van der Waals surface area contributed by atoms with Gasteiger partial charge in [-0.2, -0.15) is 0 Å². The Hall–Kier alpha value is -1.61. The van der Waals surface area contributed by atoms with Crippen LogP contribution < -0.4 is 5.14 Å². The van der Waals surface area contributed by atoms with Gasteiger partial charge in [0, 0.05) is 35.9 Å². The maximum atomic E-state index is 14.2. The first-order valence-electron chi connectivity index (χ1n) is 13.7. The molecule has 2 N–H and O–H groups in total. The summed E-state index contributed by atoms with van der Waals surface area (Å²) >= 11 is 0. The Morgan fingerprint density at radius 1 is 1.00 bits per heavy atom. The molecule has 0 radical (unpaired) electrons. The van der Waals surface area contributed by atoms with E-state index in [1.54, 1.807) is 6.07 Å². The van der Waals surface area contributed by atoms with Gasteiger partial charge in [0.2, 0.25) is 10.0 Å². The van der Waals surface area contributed by atoms with E-state index < -0.39 is 19.7 Å². The maximum Gasteiger partial charge on any atom is 0.239 e. The molecule has 2 aliphatic rings. The van der Waals surface area contributed by atoms with Crippen LogP contribution in [0.3, 0.4) is 0 Å². The van der Waals surface area contributed by atoms with Crippen molar-refractivity contribution in [3.8, 4) is 11.3 Å². The first kappa shape index (κ1) is 28.4. The molecule has 206 valence electrons. The van der Waals surface area contributed by atoms with Crippen LogP contribution in [0.5, 0.6) is 0 Å². The molecule has 2 unspecified atom stereocenters. The SMILES string of the molecule is C=S(=O)(c1ccc(-c2cc(S(N)(=O)=O)c(C)n2CC2CCCCC2)cc1C(C)(C)C)N1CCCC(C)C1. The van der Waals surface area contributed by atoms with Crippen LogP contribution in [-0.4, -0.2) is 40.5 Å². The van der Waals surface area contributed by atoms with Crippen molar-refractivity contribution in [3.05, 3.63) is 35.5 Å². The summed E-state index contributed by atoms with van der Waals surface area (Å²) in [6, 6.07) is 7.78. The van der Waals surface area contributed by atoms with Crippen molar-refractivity contribution in [2.45, 2.75) is 101 Å². The van der Waals surface area contributed by atoms with Crippen molar-refractivity contribution in [2.75, 3.05) is 13.1 Å². The van der Waals surface area contributed by atoms with Gasteiger partial charge in [-0.1, -0.05) is 53.0 Å². The average Bonchev–Trinajstić information content (AvgIpc) is 3.15. The van der Waals surface area contributed by atoms with Crippen molar-refractivity contribution < 1.29 is 12.6 Å². The molecule has 0 spiro atoms. The van der Waals surface area contributed by atoms with Gasteiger partial charge >= 0.3 is 0 Å². The fourth-order valence-electron chi connectivity index (χ4n) is 6.12. The molecule has 2 fully saturated rings. The highest BCUT2D eigenvalue weighted by atomic mass is 32.2. The van der Waals surface area contributed by atoms with Crippen molar-refractivity contribution in [2.24, 2.45) is 17.0 Å². The summed E-state index contributed by atoms with van der Waals surface area (Å²) in [7, 11) is -6.51. The quantitative estimate of drug-likeness (QED) is 0.470. The molecule has 1 aromatic carbocycles. The van der Waals surface area contributed by atoms with Gasteiger partial charge in [-0.25, -0.2) is 22.1 Å². The van der Waals surface area contributed by atoms with Crippen molar-refractivity contribution in [1.82, 2.24) is 8.87 Å². The lowest BCUT2D eigenvalue weighted by Gasteiger charge is -2.35. The zero-order chi connectivity index (χ0) is 27.2. The van der Waals surface area contributed by atoms with E-state index in [0.29, 0.717) is 17.5 Å². The molecule has 0 amide bonds. The Morgan fingerprint density at radius 3 is 2.27 bits per heavy atom. The molecule has 8 heteroatoms. The summed E-state index contributed by atoms with van der Waals surface area (Å²) in [6.07, 6.45) is 8.21. The van der Waals surface area contributed by atoms with Gasteiger partial charge < -0.3 is 4.57 Å². The van der Waals surface area contributed by atoms with Crippen LogP contribution in [-0.2, 0) is 31.7 Å². The number of primary sulfonamides is 1. The van der Waals surface area contributed by atoms with Gasteiger partial charge in [0.25, 0.3) is 0 Å². The zero-order valence-electron chi connectivity index (χ0n) is 23.3. The zero-order valence-corrected chi connectivity index (χ0v) is 24.9. The lowest BCUT2D eigenvalue weighted by atomic mass is 9.85. The number of aromatic nitrogens is 1. The highest BCUT2D eigenvalue weighted by Crippen LogP contribution is 2.38. The van der Waals surface area contributed by atoms with Gasteiger partial charge in [-0.05, 0) is 85.1 Å². The second-order valence-corrected chi connectivity index (χ2v) is 16.1. The average molecular weight is 548 g/mol. The number of piperidine rings is 1. The second kappa shape index (κ2) is 10.5. The fourth-order valence-corrected chi connectivity index (χ4v) is 9.10. The van der Waals surface area contributed by atoms with Gasteiger partial charge in [0.1, 0.15) is 4.90 Å². The molecule has 4 rings (SSSR count). The lowest BCUT2D eigenvalue weighted by Crippen LogP contribution is -2.39. The molecule has 2 heterocycles. The van der Waals surface area contributed by atoms with E-state index in [9.17, 15) is 12.6 Å². The Bertz CT molecular complexity index is 1350. The molecular weight excluding hydrogens is 502 g/mol. The summed E-state index contributed by atoms with van der Waals surface area (Å²) in [5.41, 5.74) is 3.18. The maximum absolute atomic E-state index is 14.2. The molecule has 1 aromatic heterocycles. The van der Waals surface area contributed by atoms with Crippen LogP contribution in [0.2, 0.25) is 0 Å². The first-order valence-corrected chi connectivity index (χ1v) is 16.9. The largest absolute Gasteiger partial charge is 0.343 e. The number of benzene rings is 1. The number of rotatable bonds is 6. The van der Waals surface area contributed by atoms with E-state index in [1.165, 1.54) is 19.3 Å². The highest BCUT2D eigenvalue weighted by molar-refractivity contribution is 7.98. The normalized spacial score (nSPS) is 22.2. The number of hydrogen-bond acceptors (Lipinski definition) is 3. The number of sulfonamides is 1. The Balaban J connectivity index is 1.84. The van der Waals surface area contributed by atoms with Crippen LogP contribution in [0.25, 0.3) is 11.3 Å². The molecule has 0 bridgehead atoms. The summed E-state index contributed by atoms with van der Waals surface area (Å²) in [6.45, 7) is 12.8. The molecule has 1 aliphatic heterocycles. The molecule has 1 saturated heterocycles. The van der Waals surface area contributed by atoms with E-state index in [1.807, 2.05) is 19.1 Å². The summed E-state index contributed by atoms with van der Waals surface area (Å²) in [5, 5.41) is 5.63. The third-order valence-corrected chi connectivity index (χ3v) is 11.5. The van der Waals surface area contributed by atoms with Crippen LogP contribution >= 0.6 is 0 Å². The van der Waals surface area contributed by atoms with Crippen LogP contribution in [0.4, 0.5) is 0 Å². The van der Waals surface area contributed by atoms with Crippen LogP contribution in [0.1, 0.15) is 83.9 Å². The topological polar surface area (TPSA) is 85.4 Å². The van der Waals surface area contributed by atoms with Gasteiger partial charge in [0.15, 0.2) is 0 Å². The minimum atomic E-state index is -3.86. The minimum Gasteiger partial charge on any atom is -0.343 e. The van der Waals surface area contributed by atoms with Gasteiger partial charge in [-0.15, -0.1) is 0 Å². The fraction of sp³-hybridized carbons (Fsp3) is 0.621. The van der Waals surface area contributed by atoms with Crippen molar-refractivity contribution in [1.29, 1.82) is 0 Å². The van der Waals surface area contributed by atoms with E-state index in [4.69, 9.17) is 5.14 Å². The van der Waals surface area contributed by atoms with Crippen molar-refractivity contribution >= 4 is 25.6 Å². The van der Waals surface area contributed by atoms with Crippen LogP contribution in [0.15, 0.2) is 34.1 Å². The number of hydrogen-bond donors (Lipinski definition) is 1. The summed E-state index contributed by atoms with van der Waals surface area (Å²) in [4.78, 5) is 0.967. The standard InChI is InChI=1S/C29H45N3O3S2/c1-21-11-10-16-31(19-21)36(6,33)27-15-14-24(17-25(27)29(3,4)5)26-18-28(37(30,34)35)22(2)32(26)20-23-12-8-7-9-13-23/h14-15,17-18,21,23H,6-13,16,19-20H2,1-5H3,(H2,30,34,35). The summed E-state index contributed by atoms with van der Waals surface area (Å²) < 4.78 is 43.4. The predicted octanol–water partition coefficient (Wildman–Crippen LogP) is 5.71. The molecular formula is C29H45N3O3S2. The first-order chi connectivity index (χ1) is 17.2. The molecule has 1 aliphatic carbocycles. The number of nitrogens with zero attached hydrogens (tertiary/aromatic N) is 2. The Kier molecular flexibility index (Phi) is 8.07.